The number of ether oxygens (including phenoxy) is 2. The summed E-state index contributed by atoms with van der Waals surface area (Å²) in [6, 6.07) is 7.81. The van der Waals surface area contributed by atoms with Crippen molar-refractivity contribution in [3.8, 4) is 11.5 Å². The van der Waals surface area contributed by atoms with Crippen LogP contribution in [-0.2, 0) is 0 Å². The summed E-state index contributed by atoms with van der Waals surface area (Å²) in [4.78, 5) is 0. The lowest BCUT2D eigenvalue weighted by molar-refractivity contribution is 0.122. The third-order valence-corrected chi connectivity index (χ3v) is 4.73. The van der Waals surface area contributed by atoms with E-state index in [-0.39, 0.29) is 5.41 Å². The van der Waals surface area contributed by atoms with Crippen LogP contribution in [0.15, 0.2) is 24.3 Å². The Morgan fingerprint density at radius 1 is 1.20 bits per heavy atom. The Morgan fingerprint density at radius 2 is 1.85 bits per heavy atom. The Hall–Kier alpha value is -1.22. The minimum Gasteiger partial charge on any atom is -0.493 e. The molecular weight excluding hydrogens is 250 g/mol. The Morgan fingerprint density at radius 3 is 2.45 bits per heavy atom. The Bertz CT molecular complexity index is 411. The number of hydrogen-bond donors (Lipinski definition) is 1. The van der Waals surface area contributed by atoms with Crippen molar-refractivity contribution in [2.45, 2.75) is 39.0 Å². The molecule has 0 saturated heterocycles. The third kappa shape index (κ3) is 3.66. The van der Waals surface area contributed by atoms with Gasteiger partial charge in [-0.05, 0) is 49.3 Å². The largest absolute Gasteiger partial charge is 0.493 e. The summed E-state index contributed by atoms with van der Waals surface area (Å²) in [6.45, 7) is 3.83. The van der Waals surface area contributed by atoms with Crippen molar-refractivity contribution in [1.29, 1.82) is 0 Å². The minimum absolute atomic E-state index is 0.286. The SMILES string of the molecule is COc1ccccc1OCCC1(CN)CCC(C)CC1. The highest BCUT2D eigenvalue weighted by Gasteiger charge is 2.32. The second kappa shape index (κ2) is 6.98. The predicted molar refractivity (Wildman–Crippen MR) is 82.2 cm³/mol. The Labute approximate surface area is 122 Å². The van der Waals surface area contributed by atoms with E-state index in [4.69, 9.17) is 15.2 Å². The summed E-state index contributed by atoms with van der Waals surface area (Å²) in [7, 11) is 1.67. The number of hydrogen-bond acceptors (Lipinski definition) is 3. The zero-order valence-corrected chi connectivity index (χ0v) is 12.7. The third-order valence-electron chi connectivity index (χ3n) is 4.73. The van der Waals surface area contributed by atoms with Gasteiger partial charge in [-0.3, -0.25) is 0 Å². The number of methoxy groups -OCH3 is 1. The van der Waals surface area contributed by atoms with E-state index in [0.717, 1.165) is 30.4 Å². The molecule has 1 fully saturated rings. The van der Waals surface area contributed by atoms with Gasteiger partial charge in [-0.1, -0.05) is 31.9 Å². The van der Waals surface area contributed by atoms with Crippen LogP contribution in [0, 0.1) is 11.3 Å². The topological polar surface area (TPSA) is 44.5 Å². The van der Waals surface area contributed by atoms with Gasteiger partial charge in [0.15, 0.2) is 11.5 Å². The van der Waals surface area contributed by atoms with Crippen LogP contribution in [-0.4, -0.2) is 20.3 Å². The smallest absolute Gasteiger partial charge is 0.161 e. The molecule has 0 aromatic heterocycles. The summed E-state index contributed by atoms with van der Waals surface area (Å²) in [6.07, 6.45) is 6.10. The lowest BCUT2D eigenvalue weighted by Crippen LogP contribution is -2.35. The molecule has 1 aliphatic carbocycles. The van der Waals surface area contributed by atoms with E-state index in [2.05, 4.69) is 6.92 Å². The quantitative estimate of drug-likeness (QED) is 0.863. The lowest BCUT2D eigenvalue weighted by Gasteiger charge is -2.38. The van der Waals surface area contributed by atoms with Crippen molar-refractivity contribution in [2.24, 2.45) is 17.1 Å². The summed E-state index contributed by atoms with van der Waals surface area (Å²) in [5.74, 6) is 2.47. The number of para-hydroxylation sites is 2. The molecule has 0 aliphatic heterocycles. The van der Waals surface area contributed by atoms with Crippen molar-refractivity contribution in [1.82, 2.24) is 0 Å². The maximum Gasteiger partial charge on any atom is 0.161 e. The molecule has 0 atom stereocenters. The highest BCUT2D eigenvalue weighted by Crippen LogP contribution is 2.41. The summed E-state index contributed by atoms with van der Waals surface area (Å²) >= 11 is 0. The Balaban J connectivity index is 1.88. The first-order valence-corrected chi connectivity index (χ1v) is 7.65. The molecule has 1 aromatic carbocycles. The second-order valence-corrected chi connectivity index (χ2v) is 6.14. The van der Waals surface area contributed by atoms with Crippen molar-refractivity contribution in [3.63, 3.8) is 0 Å². The van der Waals surface area contributed by atoms with Crippen LogP contribution in [0.1, 0.15) is 39.0 Å². The van der Waals surface area contributed by atoms with Gasteiger partial charge in [0.2, 0.25) is 0 Å². The number of benzene rings is 1. The van der Waals surface area contributed by atoms with Crippen molar-refractivity contribution < 1.29 is 9.47 Å². The highest BCUT2D eigenvalue weighted by molar-refractivity contribution is 5.39. The van der Waals surface area contributed by atoms with E-state index in [1.807, 2.05) is 24.3 Å². The number of nitrogens with two attached hydrogens (primary N) is 1. The molecule has 0 bridgehead atoms. The minimum atomic E-state index is 0.286. The van der Waals surface area contributed by atoms with Gasteiger partial charge in [-0.25, -0.2) is 0 Å². The molecule has 3 nitrogen and oxygen atoms in total. The maximum atomic E-state index is 6.04. The molecule has 2 N–H and O–H groups in total. The van der Waals surface area contributed by atoms with Crippen LogP contribution in [0.2, 0.25) is 0 Å². The van der Waals surface area contributed by atoms with E-state index < -0.39 is 0 Å². The van der Waals surface area contributed by atoms with Crippen LogP contribution in [0.3, 0.4) is 0 Å². The van der Waals surface area contributed by atoms with Crippen LogP contribution >= 0.6 is 0 Å². The van der Waals surface area contributed by atoms with Crippen molar-refractivity contribution in [2.75, 3.05) is 20.3 Å². The van der Waals surface area contributed by atoms with Gasteiger partial charge >= 0.3 is 0 Å². The summed E-state index contributed by atoms with van der Waals surface area (Å²) in [5, 5.41) is 0. The van der Waals surface area contributed by atoms with E-state index in [1.54, 1.807) is 7.11 Å². The monoisotopic (exact) mass is 277 g/mol. The van der Waals surface area contributed by atoms with Crippen molar-refractivity contribution >= 4 is 0 Å². The molecule has 0 unspecified atom stereocenters. The van der Waals surface area contributed by atoms with Gasteiger partial charge in [-0.2, -0.15) is 0 Å². The Kier molecular flexibility index (Phi) is 5.30. The molecule has 2 rings (SSSR count). The fraction of sp³-hybridized carbons (Fsp3) is 0.647. The average Bonchev–Trinajstić information content (AvgIpc) is 2.50. The molecular formula is C17H27NO2. The molecule has 0 amide bonds. The molecule has 0 spiro atoms. The zero-order chi connectivity index (χ0) is 14.4. The summed E-state index contributed by atoms with van der Waals surface area (Å²) < 4.78 is 11.2. The van der Waals surface area contributed by atoms with Gasteiger partial charge in [0.05, 0.1) is 13.7 Å². The van der Waals surface area contributed by atoms with E-state index in [0.29, 0.717) is 6.61 Å². The van der Waals surface area contributed by atoms with Crippen LogP contribution in [0.25, 0.3) is 0 Å². The van der Waals surface area contributed by atoms with E-state index in [9.17, 15) is 0 Å². The predicted octanol–water partition coefficient (Wildman–Crippen LogP) is 3.62. The molecule has 3 heteroatoms. The number of rotatable bonds is 6. The molecule has 112 valence electrons. The van der Waals surface area contributed by atoms with Crippen LogP contribution < -0.4 is 15.2 Å². The van der Waals surface area contributed by atoms with Gasteiger partial charge in [-0.15, -0.1) is 0 Å². The van der Waals surface area contributed by atoms with Crippen LogP contribution in [0.5, 0.6) is 11.5 Å². The molecule has 1 aromatic rings. The van der Waals surface area contributed by atoms with Crippen molar-refractivity contribution in [3.05, 3.63) is 24.3 Å². The molecule has 1 aliphatic rings. The molecule has 0 radical (unpaired) electrons. The van der Waals surface area contributed by atoms with E-state index in [1.165, 1.54) is 25.7 Å². The first-order valence-electron chi connectivity index (χ1n) is 7.65. The van der Waals surface area contributed by atoms with Crippen LogP contribution in [0.4, 0.5) is 0 Å². The fourth-order valence-electron chi connectivity index (χ4n) is 3.05. The fourth-order valence-corrected chi connectivity index (χ4v) is 3.05. The zero-order valence-electron chi connectivity index (χ0n) is 12.7. The first-order chi connectivity index (χ1) is 9.69. The van der Waals surface area contributed by atoms with Gasteiger partial charge in [0, 0.05) is 0 Å². The lowest BCUT2D eigenvalue weighted by atomic mass is 9.69. The second-order valence-electron chi connectivity index (χ2n) is 6.14. The maximum absolute atomic E-state index is 6.04. The van der Waals surface area contributed by atoms with Gasteiger partial charge in [0.1, 0.15) is 0 Å². The van der Waals surface area contributed by atoms with Gasteiger partial charge < -0.3 is 15.2 Å². The molecule has 20 heavy (non-hydrogen) atoms. The molecule has 1 saturated carbocycles. The normalized spacial score (nSPS) is 26.2. The summed E-state index contributed by atoms with van der Waals surface area (Å²) in [5.41, 5.74) is 6.33. The average molecular weight is 277 g/mol. The first kappa shape index (κ1) is 15.2. The van der Waals surface area contributed by atoms with E-state index >= 15 is 0 Å². The molecule has 0 heterocycles. The highest BCUT2D eigenvalue weighted by atomic mass is 16.5. The standard InChI is InChI=1S/C17H27NO2/c1-14-7-9-17(13-18,10-8-14)11-12-20-16-6-4-3-5-15(16)19-2/h3-6,14H,7-13,18H2,1-2H3. The van der Waals surface area contributed by atoms with Gasteiger partial charge in [0.25, 0.3) is 0 Å².